The van der Waals surface area contributed by atoms with Gasteiger partial charge in [-0.2, -0.15) is 0 Å². The van der Waals surface area contributed by atoms with Crippen LogP contribution < -0.4 is 5.14 Å². The fraction of sp³-hybridized carbons (Fsp3) is 0.588. The van der Waals surface area contributed by atoms with E-state index in [0.717, 1.165) is 30.9 Å². The minimum absolute atomic E-state index is 0. The molecule has 2 rings (SSSR count). The molecule has 1 heterocycles. The van der Waals surface area contributed by atoms with Crippen molar-refractivity contribution in [2.75, 3.05) is 18.8 Å². The monoisotopic (exact) mass is 533 g/mol. The summed E-state index contributed by atoms with van der Waals surface area (Å²) in [6.07, 6.45) is 3.78. The first-order chi connectivity index (χ1) is 12.6. The number of nitrogens with two attached hydrogens (primary N) is 1. The Morgan fingerprint density at radius 3 is 2.46 bits per heavy atom. The topological polar surface area (TPSA) is 96.0 Å². The molecule has 1 saturated heterocycles. The number of unbranched alkanes of at least 4 members (excludes halogenated alkanes) is 2. The Morgan fingerprint density at radius 1 is 1.25 bits per heavy atom. The molecule has 0 spiro atoms. The summed E-state index contributed by atoms with van der Waals surface area (Å²) in [6.45, 7) is 5.41. The third-order valence-electron chi connectivity index (χ3n) is 4.33. The Bertz CT molecular complexity index is 824. The van der Waals surface area contributed by atoms with Gasteiger partial charge in [-0.15, -0.1) is 17.0 Å². The molecule has 1 unspecified atom stereocenters. The lowest BCUT2D eigenvalue weighted by Crippen LogP contribution is -2.45. The largest absolute Gasteiger partial charge is 0.366 e. The summed E-state index contributed by atoms with van der Waals surface area (Å²) in [7, 11) is -4.05. The standard InChI is InChI=1S/C17H25Cl2N3O3S2.BrH/c1-3-5-7-21-16-22(8-6-4-2)17(23,11-26-16)12-9-15(27(20,24)25)14(19)10-13(12)18;/h9-10,23H,3-8,11H2,1-2H3,(H2,20,24,25);1H. The molecule has 1 fully saturated rings. The first-order valence-corrected chi connectivity index (χ1v) is 12.1. The summed E-state index contributed by atoms with van der Waals surface area (Å²) in [5, 5.41) is 17.6. The van der Waals surface area contributed by atoms with Crippen LogP contribution in [0.2, 0.25) is 10.0 Å². The number of aliphatic hydroxyl groups is 1. The summed E-state index contributed by atoms with van der Waals surface area (Å²) in [5.41, 5.74) is -1.21. The molecule has 28 heavy (non-hydrogen) atoms. The molecule has 1 aliphatic heterocycles. The maximum Gasteiger partial charge on any atom is 0.239 e. The molecule has 1 aromatic carbocycles. The van der Waals surface area contributed by atoms with Gasteiger partial charge in [0, 0.05) is 18.7 Å². The molecule has 0 aliphatic carbocycles. The minimum Gasteiger partial charge on any atom is -0.366 e. The lowest BCUT2D eigenvalue weighted by Gasteiger charge is -2.35. The van der Waals surface area contributed by atoms with Gasteiger partial charge in [-0.1, -0.05) is 61.7 Å². The highest BCUT2D eigenvalue weighted by Crippen LogP contribution is 2.43. The number of rotatable bonds is 8. The number of amidine groups is 1. The SMILES string of the molecule is Br.CCCCN=C1SCC(O)(c2cc(S(N)(=O)=O)c(Cl)cc2Cl)N1CCCC. The van der Waals surface area contributed by atoms with E-state index in [1.807, 2.05) is 0 Å². The number of thioether (sulfide) groups is 1. The minimum atomic E-state index is -4.05. The molecule has 0 bridgehead atoms. The molecular weight excluding hydrogens is 509 g/mol. The van der Waals surface area contributed by atoms with Crippen molar-refractivity contribution >= 4 is 67.1 Å². The Morgan fingerprint density at radius 2 is 1.89 bits per heavy atom. The summed E-state index contributed by atoms with van der Waals surface area (Å²) in [6, 6.07) is 2.58. The van der Waals surface area contributed by atoms with Crippen LogP contribution in [0.4, 0.5) is 0 Å². The molecule has 6 nitrogen and oxygen atoms in total. The highest BCUT2D eigenvalue weighted by Gasteiger charge is 2.46. The number of hydrogen-bond donors (Lipinski definition) is 2. The zero-order chi connectivity index (χ0) is 20.2. The van der Waals surface area contributed by atoms with E-state index in [1.54, 1.807) is 4.90 Å². The molecular formula is C17H26BrCl2N3O3S2. The highest BCUT2D eigenvalue weighted by molar-refractivity contribution is 8.93. The predicted molar refractivity (Wildman–Crippen MR) is 123 cm³/mol. The van der Waals surface area contributed by atoms with Crippen molar-refractivity contribution in [2.24, 2.45) is 10.1 Å². The van der Waals surface area contributed by atoms with E-state index >= 15 is 0 Å². The van der Waals surface area contributed by atoms with Gasteiger partial charge in [0.05, 0.1) is 15.8 Å². The zero-order valence-corrected chi connectivity index (χ0v) is 20.7. The van der Waals surface area contributed by atoms with E-state index in [1.165, 1.54) is 23.9 Å². The number of primary sulfonamides is 1. The van der Waals surface area contributed by atoms with Gasteiger partial charge in [0.1, 0.15) is 4.90 Å². The second-order valence-electron chi connectivity index (χ2n) is 6.44. The first-order valence-electron chi connectivity index (χ1n) is 8.84. The smallest absolute Gasteiger partial charge is 0.239 e. The maximum absolute atomic E-state index is 11.9. The van der Waals surface area contributed by atoms with E-state index in [2.05, 4.69) is 18.8 Å². The van der Waals surface area contributed by atoms with Crippen molar-refractivity contribution in [3.8, 4) is 0 Å². The lowest BCUT2D eigenvalue weighted by atomic mass is 10.0. The molecule has 0 aromatic heterocycles. The number of halogens is 3. The predicted octanol–water partition coefficient (Wildman–Crippen LogP) is 4.37. The van der Waals surface area contributed by atoms with Crippen molar-refractivity contribution in [1.82, 2.24) is 4.90 Å². The van der Waals surface area contributed by atoms with E-state index in [4.69, 9.17) is 28.3 Å². The molecule has 1 aromatic rings. The Kier molecular flexibility index (Phi) is 10.1. The van der Waals surface area contributed by atoms with Crippen molar-refractivity contribution in [1.29, 1.82) is 0 Å². The Hall–Kier alpha value is -0.0300. The number of sulfonamides is 1. The number of nitrogens with zero attached hydrogens (tertiary/aromatic N) is 2. The van der Waals surface area contributed by atoms with Crippen molar-refractivity contribution < 1.29 is 13.5 Å². The van der Waals surface area contributed by atoms with Gasteiger partial charge in [-0.25, -0.2) is 13.6 Å². The van der Waals surface area contributed by atoms with E-state index < -0.39 is 15.7 Å². The summed E-state index contributed by atoms with van der Waals surface area (Å²) in [5.74, 6) is 0.285. The van der Waals surface area contributed by atoms with Crippen molar-refractivity contribution in [3.63, 3.8) is 0 Å². The van der Waals surface area contributed by atoms with Crippen LogP contribution in [0.3, 0.4) is 0 Å². The van der Waals surface area contributed by atoms with Crippen molar-refractivity contribution in [2.45, 2.75) is 50.2 Å². The quantitative estimate of drug-likeness (QED) is 0.483. The van der Waals surface area contributed by atoms with Gasteiger partial charge in [-0.3, -0.25) is 4.99 Å². The van der Waals surface area contributed by atoms with Crippen LogP contribution in [-0.4, -0.2) is 42.4 Å². The fourth-order valence-electron chi connectivity index (χ4n) is 2.82. The van der Waals surface area contributed by atoms with Gasteiger partial charge >= 0.3 is 0 Å². The van der Waals surface area contributed by atoms with Crippen LogP contribution in [0.25, 0.3) is 0 Å². The van der Waals surface area contributed by atoms with Gasteiger partial charge < -0.3 is 10.0 Å². The van der Waals surface area contributed by atoms with E-state index in [0.29, 0.717) is 13.1 Å². The molecule has 1 atom stereocenters. The molecule has 11 heteroatoms. The van der Waals surface area contributed by atoms with Crippen LogP contribution in [0.15, 0.2) is 22.0 Å². The second kappa shape index (κ2) is 10.8. The van der Waals surface area contributed by atoms with Crippen LogP contribution in [-0.2, 0) is 15.7 Å². The zero-order valence-electron chi connectivity index (χ0n) is 15.8. The molecule has 0 saturated carbocycles. The molecule has 0 amide bonds. The third kappa shape index (κ3) is 5.77. The van der Waals surface area contributed by atoms with Crippen LogP contribution in [0.5, 0.6) is 0 Å². The normalized spacial score (nSPS) is 21.2. The van der Waals surface area contributed by atoms with Crippen LogP contribution in [0.1, 0.15) is 45.1 Å². The average molecular weight is 535 g/mol. The van der Waals surface area contributed by atoms with Gasteiger partial charge in [0.15, 0.2) is 10.9 Å². The van der Waals surface area contributed by atoms with Crippen LogP contribution in [0, 0.1) is 0 Å². The summed E-state index contributed by atoms with van der Waals surface area (Å²) >= 11 is 13.8. The maximum atomic E-state index is 11.9. The lowest BCUT2D eigenvalue weighted by molar-refractivity contribution is -0.0483. The molecule has 1 aliphatic rings. The number of benzene rings is 1. The molecule has 3 N–H and O–H groups in total. The fourth-order valence-corrected chi connectivity index (χ4v) is 5.51. The summed E-state index contributed by atoms with van der Waals surface area (Å²) in [4.78, 5) is 6.17. The summed E-state index contributed by atoms with van der Waals surface area (Å²) < 4.78 is 23.7. The third-order valence-corrected chi connectivity index (χ3v) is 7.18. The highest BCUT2D eigenvalue weighted by atomic mass is 79.9. The Balaban J connectivity index is 0.00000392. The van der Waals surface area contributed by atoms with E-state index in [-0.39, 0.29) is 43.2 Å². The van der Waals surface area contributed by atoms with Gasteiger partial charge in [0.2, 0.25) is 10.0 Å². The van der Waals surface area contributed by atoms with Crippen LogP contribution >= 0.6 is 51.9 Å². The second-order valence-corrected chi connectivity index (χ2v) is 9.72. The average Bonchev–Trinajstić information content (AvgIpc) is 2.89. The van der Waals surface area contributed by atoms with Gasteiger partial charge in [0.25, 0.3) is 0 Å². The number of aliphatic imine (C=N–C) groups is 1. The van der Waals surface area contributed by atoms with E-state index in [9.17, 15) is 13.5 Å². The number of hydrogen-bond acceptors (Lipinski definition) is 5. The van der Waals surface area contributed by atoms with Gasteiger partial charge in [-0.05, 0) is 25.0 Å². The first kappa shape index (κ1) is 26.0. The molecule has 160 valence electrons. The van der Waals surface area contributed by atoms with Crippen molar-refractivity contribution in [3.05, 3.63) is 27.7 Å². The molecule has 0 radical (unpaired) electrons. The Labute approximate surface area is 191 Å².